The van der Waals surface area contributed by atoms with Gasteiger partial charge in [-0.25, -0.2) is 14.2 Å². The SMILES string of the molecule is COC(=O)c1cnn(-c2cccc(-c3cccc(OC(C)C4CCCCC4)c3)c2)c1[C@H]1C[C@@H]1c1cn(COC(=O)C(C)(C)C)nn1. The summed E-state index contributed by atoms with van der Waals surface area (Å²) in [6.45, 7) is 7.59. The van der Waals surface area contributed by atoms with Gasteiger partial charge in [-0.15, -0.1) is 5.10 Å². The van der Waals surface area contributed by atoms with Crippen molar-refractivity contribution in [3.8, 4) is 22.6 Å². The molecule has 2 aromatic heterocycles. The van der Waals surface area contributed by atoms with Gasteiger partial charge in [0.05, 0.1) is 48.1 Å². The van der Waals surface area contributed by atoms with Gasteiger partial charge in [-0.1, -0.05) is 48.7 Å². The number of benzene rings is 2. The highest BCUT2D eigenvalue weighted by molar-refractivity contribution is 5.91. The van der Waals surface area contributed by atoms with Crippen molar-refractivity contribution in [3.63, 3.8) is 0 Å². The third-order valence-electron chi connectivity index (χ3n) is 9.12. The highest BCUT2D eigenvalue weighted by atomic mass is 16.5. The molecule has 1 unspecified atom stereocenters. The number of aromatic nitrogens is 5. The second kappa shape index (κ2) is 13.1. The van der Waals surface area contributed by atoms with Gasteiger partial charge in [0.25, 0.3) is 0 Å². The number of rotatable bonds is 10. The molecule has 10 nitrogen and oxygen atoms in total. The quantitative estimate of drug-likeness (QED) is 0.172. The Hall–Kier alpha value is -4.47. The second-order valence-corrected chi connectivity index (χ2v) is 13.6. The Morgan fingerprint density at radius 3 is 2.48 bits per heavy atom. The van der Waals surface area contributed by atoms with Crippen LogP contribution in [0.4, 0.5) is 0 Å². The lowest BCUT2D eigenvalue weighted by Gasteiger charge is -2.28. The van der Waals surface area contributed by atoms with Gasteiger partial charge in [0.1, 0.15) is 11.3 Å². The largest absolute Gasteiger partial charge is 0.490 e. The smallest absolute Gasteiger partial charge is 0.341 e. The van der Waals surface area contributed by atoms with E-state index in [1.807, 2.05) is 28.9 Å². The van der Waals surface area contributed by atoms with Crippen LogP contribution in [0.25, 0.3) is 16.8 Å². The molecular weight excluding hydrogens is 582 g/mol. The zero-order valence-electron chi connectivity index (χ0n) is 27.3. The van der Waals surface area contributed by atoms with E-state index in [2.05, 4.69) is 46.6 Å². The van der Waals surface area contributed by atoms with E-state index in [0.29, 0.717) is 11.5 Å². The van der Waals surface area contributed by atoms with Crippen molar-refractivity contribution in [2.45, 2.75) is 90.9 Å². The summed E-state index contributed by atoms with van der Waals surface area (Å²) in [4.78, 5) is 25.0. The predicted octanol–water partition coefficient (Wildman–Crippen LogP) is 7.08. The number of methoxy groups -OCH3 is 1. The molecule has 2 aliphatic rings. The molecule has 0 amide bonds. The van der Waals surface area contributed by atoms with Crippen LogP contribution in [-0.2, 0) is 21.0 Å². The third kappa shape index (κ3) is 6.85. The van der Waals surface area contributed by atoms with E-state index in [9.17, 15) is 9.59 Å². The lowest BCUT2D eigenvalue weighted by molar-refractivity contribution is -0.157. The van der Waals surface area contributed by atoms with Gasteiger partial charge < -0.3 is 14.2 Å². The first kappa shape index (κ1) is 31.5. The summed E-state index contributed by atoms with van der Waals surface area (Å²) in [5.74, 6) is 0.754. The molecule has 2 aromatic carbocycles. The van der Waals surface area contributed by atoms with E-state index in [1.165, 1.54) is 43.9 Å². The molecule has 2 saturated carbocycles. The maximum Gasteiger partial charge on any atom is 0.341 e. The molecule has 4 aromatic rings. The number of ether oxygens (including phenoxy) is 3. The summed E-state index contributed by atoms with van der Waals surface area (Å²) in [6.07, 6.45) is 10.7. The van der Waals surface area contributed by atoms with Gasteiger partial charge >= 0.3 is 11.9 Å². The summed E-state index contributed by atoms with van der Waals surface area (Å²) < 4.78 is 20.3. The van der Waals surface area contributed by atoms with Gasteiger partial charge in [0.2, 0.25) is 0 Å². The molecule has 0 bridgehead atoms. The zero-order valence-corrected chi connectivity index (χ0v) is 27.3. The van der Waals surface area contributed by atoms with Gasteiger partial charge in [-0.3, -0.25) is 4.79 Å². The molecule has 6 rings (SSSR count). The van der Waals surface area contributed by atoms with Crippen LogP contribution in [-0.4, -0.2) is 49.9 Å². The first-order valence-electron chi connectivity index (χ1n) is 16.2. The van der Waals surface area contributed by atoms with Gasteiger partial charge in [0.15, 0.2) is 6.73 Å². The Bertz CT molecular complexity index is 1700. The van der Waals surface area contributed by atoms with Gasteiger partial charge in [-0.2, -0.15) is 5.10 Å². The number of nitrogens with zero attached hydrogens (tertiary/aromatic N) is 5. The van der Waals surface area contributed by atoms with Crippen LogP contribution in [0.2, 0.25) is 0 Å². The molecule has 242 valence electrons. The molecule has 2 aliphatic carbocycles. The Kier molecular flexibility index (Phi) is 8.97. The van der Waals surface area contributed by atoms with Crippen LogP contribution in [0.3, 0.4) is 0 Å². The molecule has 10 heteroatoms. The molecule has 0 saturated heterocycles. The van der Waals surface area contributed by atoms with Crippen molar-refractivity contribution in [1.82, 2.24) is 24.8 Å². The fraction of sp³-hybridized carbons (Fsp3) is 0.472. The summed E-state index contributed by atoms with van der Waals surface area (Å²) in [5, 5.41) is 13.2. The average molecular weight is 626 g/mol. The number of hydrogen-bond acceptors (Lipinski definition) is 8. The molecule has 3 atom stereocenters. The van der Waals surface area contributed by atoms with E-state index >= 15 is 0 Å². The number of hydrogen-bond donors (Lipinski definition) is 0. The van der Waals surface area contributed by atoms with E-state index in [1.54, 1.807) is 33.2 Å². The van der Waals surface area contributed by atoms with Gasteiger partial charge in [-0.05, 0) is 88.3 Å². The van der Waals surface area contributed by atoms with Crippen LogP contribution in [0.1, 0.15) is 99.8 Å². The topological polar surface area (TPSA) is 110 Å². The summed E-state index contributed by atoms with van der Waals surface area (Å²) in [7, 11) is 1.38. The van der Waals surface area contributed by atoms with Crippen molar-refractivity contribution in [2.24, 2.45) is 11.3 Å². The zero-order chi connectivity index (χ0) is 32.4. The molecule has 46 heavy (non-hydrogen) atoms. The Morgan fingerprint density at radius 1 is 1.00 bits per heavy atom. The van der Waals surface area contributed by atoms with Crippen LogP contribution in [0, 0.1) is 11.3 Å². The first-order valence-corrected chi connectivity index (χ1v) is 16.2. The average Bonchev–Trinajstić information content (AvgIpc) is 3.48. The van der Waals surface area contributed by atoms with Crippen molar-refractivity contribution in [2.75, 3.05) is 7.11 Å². The van der Waals surface area contributed by atoms with E-state index in [-0.39, 0.29) is 30.6 Å². The van der Waals surface area contributed by atoms with Crippen molar-refractivity contribution in [1.29, 1.82) is 0 Å². The number of carbonyl (C=O) groups is 2. The molecule has 0 spiro atoms. The lowest BCUT2D eigenvalue weighted by atomic mass is 9.86. The molecule has 0 aliphatic heterocycles. The minimum Gasteiger partial charge on any atom is -0.490 e. The summed E-state index contributed by atoms with van der Waals surface area (Å²) in [5.41, 5.74) is 4.29. The third-order valence-corrected chi connectivity index (χ3v) is 9.12. The highest BCUT2D eigenvalue weighted by Gasteiger charge is 2.46. The summed E-state index contributed by atoms with van der Waals surface area (Å²) in [6, 6.07) is 16.4. The normalized spacial score (nSPS) is 19.0. The molecule has 2 fully saturated rings. The predicted molar refractivity (Wildman–Crippen MR) is 173 cm³/mol. The van der Waals surface area contributed by atoms with Crippen molar-refractivity contribution >= 4 is 11.9 Å². The first-order chi connectivity index (χ1) is 22.1. The fourth-order valence-electron chi connectivity index (χ4n) is 6.38. The fourth-order valence-corrected chi connectivity index (χ4v) is 6.38. The van der Waals surface area contributed by atoms with E-state index < -0.39 is 11.4 Å². The molecule has 2 heterocycles. The van der Waals surface area contributed by atoms with Crippen LogP contribution >= 0.6 is 0 Å². The molecular formula is C36H43N5O5. The second-order valence-electron chi connectivity index (χ2n) is 13.6. The minimum atomic E-state index is -0.603. The van der Waals surface area contributed by atoms with Crippen molar-refractivity contribution < 1.29 is 23.8 Å². The standard InChI is InChI=1S/C36H43N5O5/c1-23(24-11-7-6-8-12-24)46-28-16-10-14-26(18-28)25-13-9-15-27(17-25)41-33(31(20-37-41)34(42)44-5)30-19-29(30)32-21-40(39-38-32)22-45-35(43)36(2,3)4/h9-10,13-18,20-21,23-24,29-30H,6-8,11-12,19,22H2,1-5H3/t23?,29-,30-/m0/s1. The van der Waals surface area contributed by atoms with Crippen LogP contribution < -0.4 is 4.74 Å². The highest BCUT2D eigenvalue weighted by Crippen LogP contribution is 2.55. The number of carbonyl (C=O) groups excluding carboxylic acids is 2. The summed E-state index contributed by atoms with van der Waals surface area (Å²) >= 11 is 0. The monoisotopic (exact) mass is 625 g/mol. The number of esters is 2. The Morgan fingerprint density at radius 2 is 1.74 bits per heavy atom. The minimum absolute atomic E-state index is 0.00956. The lowest BCUT2D eigenvalue weighted by Crippen LogP contribution is -2.25. The van der Waals surface area contributed by atoms with E-state index in [4.69, 9.17) is 14.2 Å². The van der Waals surface area contributed by atoms with Crippen molar-refractivity contribution in [3.05, 3.63) is 77.9 Å². The molecule has 0 N–H and O–H groups in total. The van der Waals surface area contributed by atoms with Crippen LogP contribution in [0.5, 0.6) is 5.75 Å². The van der Waals surface area contributed by atoms with E-state index in [0.717, 1.165) is 40.4 Å². The van der Waals surface area contributed by atoms with Crippen LogP contribution in [0.15, 0.2) is 60.9 Å². The maximum absolute atomic E-state index is 12.8. The Labute approximate surface area is 270 Å². The van der Waals surface area contributed by atoms with Gasteiger partial charge in [0, 0.05) is 11.8 Å². The Balaban J connectivity index is 1.22. The molecule has 0 radical (unpaired) electrons. The maximum atomic E-state index is 12.8.